The van der Waals surface area contributed by atoms with Gasteiger partial charge in [0.15, 0.2) is 0 Å². The summed E-state index contributed by atoms with van der Waals surface area (Å²) in [5.74, 6) is 2.36. The number of benzene rings is 1. The molecule has 0 amide bonds. The minimum atomic E-state index is 0.337. The minimum Gasteiger partial charge on any atom is -0.307 e. The van der Waals surface area contributed by atoms with E-state index in [2.05, 4.69) is 59.9 Å². The quantitative estimate of drug-likeness (QED) is 0.914. The number of aryl methyl sites for hydroxylation is 2. The molecule has 1 aromatic carbocycles. The van der Waals surface area contributed by atoms with E-state index in [1.165, 1.54) is 28.9 Å². The van der Waals surface area contributed by atoms with Gasteiger partial charge in [0.25, 0.3) is 0 Å². The van der Waals surface area contributed by atoms with Crippen molar-refractivity contribution < 1.29 is 0 Å². The molecule has 23 heavy (non-hydrogen) atoms. The second kappa shape index (κ2) is 7.51. The van der Waals surface area contributed by atoms with Gasteiger partial charge in [0.2, 0.25) is 0 Å². The third-order valence-electron chi connectivity index (χ3n) is 4.52. The molecule has 0 aliphatic carbocycles. The Morgan fingerprint density at radius 1 is 1.39 bits per heavy atom. The number of fused-ring (bicyclic) bond motifs is 1. The summed E-state index contributed by atoms with van der Waals surface area (Å²) in [5.41, 5.74) is 4.23. The van der Waals surface area contributed by atoms with Crippen molar-refractivity contribution in [3.8, 4) is 0 Å². The number of rotatable bonds is 5. The van der Waals surface area contributed by atoms with E-state index in [9.17, 15) is 0 Å². The maximum Gasteiger partial charge on any atom is 0.0538 e. The summed E-state index contributed by atoms with van der Waals surface area (Å²) in [5, 5.41) is 8.13. The Morgan fingerprint density at radius 2 is 2.22 bits per heavy atom. The molecule has 2 aromatic rings. The summed E-state index contributed by atoms with van der Waals surface area (Å²) in [6, 6.07) is 9.65. The van der Waals surface area contributed by atoms with Crippen molar-refractivity contribution in [3.63, 3.8) is 0 Å². The highest BCUT2D eigenvalue weighted by atomic mass is 32.2. The molecule has 1 aliphatic heterocycles. The number of aromatic nitrogens is 2. The van der Waals surface area contributed by atoms with Crippen molar-refractivity contribution in [2.45, 2.75) is 18.5 Å². The number of nitrogens with zero attached hydrogens (tertiary/aromatic N) is 3. The van der Waals surface area contributed by atoms with E-state index in [1.807, 2.05) is 29.7 Å². The lowest BCUT2D eigenvalue weighted by molar-refractivity contribution is 0.282. The van der Waals surface area contributed by atoms with Gasteiger partial charge in [-0.15, -0.1) is 0 Å². The van der Waals surface area contributed by atoms with Crippen LogP contribution < -0.4 is 5.32 Å². The molecule has 1 aliphatic rings. The number of hydrogen-bond acceptors (Lipinski definition) is 4. The van der Waals surface area contributed by atoms with Crippen LogP contribution in [-0.2, 0) is 13.5 Å². The highest BCUT2D eigenvalue weighted by Crippen LogP contribution is 2.28. The third-order valence-corrected chi connectivity index (χ3v) is 5.58. The molecule has 0 saturated heterocycles. The largest absolute Gasteiger partial charge is 0.307 e. The van der Waals surface area contributed by atoms with Gasteiger partial charge in [0, 0.05) is 43.2 Å². The van der Waals surface area contributed by atoms with E-state index in [0.29, 0.717) is 12.1 Å². The van der Waals surface area contributed by atoms with Crippen LogP contribution in [0.3, 0.4) is 0 Å². The Hall–Kier alpha value is -1.30. The van der Waals surface area contributed by atoms with Gasteiger partial charge < -0.3 is 10.2 Å². The molecule has 5 heteroatoms. The smallest absolute Gasteiger partial charge is 0.0538 e. The van der Waals surface area contributed by atoms with E-state index < -0.39 is 0 Å². The van der Waals surface area contributed by atoms with Crippen LogP contribution >= 0.6 is 11.8 Å². The van der Waals surface area contributed by atoms with Crippen LogP contribution in [0.25, 0.3) is 0 Å². The third kappa shape index (κ3) is 3.97. The van der Waals surface area contributed by atoms with E-state index in [0.717, 1.165) is 12.3 Å². The zero-order valence-corrected chi connectivity index (χ0v) is 15.0. The molecule has 3 rings (SSSR count). The van der Waals surface area contributed by atoms with Crippen molar-refractivity contribution >= 4 is 11.8 Å². The maximum atomic E-state index is 4.32. The highest BCUT2D eigenvalue weighted by molar-refractivity contribution is 7.99. The molecule has 4 nitrogen and oxygen atoms in total. The number of hydrogen-bond donors (Lipinski definition) is 1. The molecule has 1 aromatic heterocycles. The monoisotopic (exact) mass is 330 g/mol. The molecule has 0 unspecified atom stereocenters. The summed E-state index contributed by atoms with van der Waals surface area (Å²) >= 11 is 2.05. The topological polar surface area (TPSA) is 33.1 Å². The number of thioether (sulfide) groups is 1. The first-order valence-corrected chi connectivity index (χ1v) is 9.34. The van der Waals surface area contributed by atoms with Crippen molar-refractivity contribution in [2.24, 2.45) is 7.05 Å². The lowest BCUT2D eigenvalue weighted by Crippen LogP contribution is -2.34. The van der Waals surface area contributed by atoms with Crippen LogP contribution in [0.1, 0.15) is 28.8 Å². The summed E-state index contributed by atoms with van der Waals surface area (Å²) in [6.07, 6.45) is 5.27. The highest BCUT2D eigenvalue weighted by Gasteiger charge is 2.21. The first-order valence-electron chi connectivity index (χ1n) is 8.19. The number of nitrogens with one attached hydrogen (secondary N) is 1. The predicted molar refractivity (Wildman–Crippen MR) is 97.9 cm³/mol. The fourth-order valence-corrected chi connectivity index (χ4v) is 4.27. The molecule has 0 saturated carbocycles. The van der Waals surface area contributed by atoms with Gasteiger partial charge >= 0.3 is 0 Å². The zero-order valence-electron chi connectivity index (χ0n) is 14.2. The average Bonchev–Trinajstić information content (AvgIpc) is 2.85. The van der Waals surface area contributed by atoms with E-state index in [1.54, 1.807) is 0 Å². The summed E-state index contributed by atoms with van der Waals surface area (Å²) in [4.78, 5) is 2.26. The zero-order chi connectivity index (χ0) is 16.2. The van der Waals surface area contributed by atoms with Gasteiger partial charge in [-0.3, -0.25) is 4.68 Å². The Kier molecular flexibility index (Phi) is 5.41. The predicted octanol–water partition coefficient (Wildman–Crippen LogP) is 2.64. The van der Waals surface area contributed by atoms with Crippen LogP contribution in [-0.4, -0.2) is 46.8 Å². The molecule has 2 heterocycles. The van der Waals surface area contributed by atoms with E-state index in [-0.39, 0.29) is 0 Å². The van der Waals surface area contributed by atoms with Crippen LogP contribution in [0.4, 0.5) is 0 Å². The van der Waals surface area contributed by atoms with Crippen molar-refractivity contribution in [2.75, 3.05) is 32.1 Å². The van der Waals surface area contributed by atoms with Crippen LogP contribution in [0.15, 0.2) is 36.7 Å². The van der Waals surface area contributed by atoms with Crippen molar-refractivity contribution in [1.29, 1.82) is 0 Å². The summed E-state index contributed by atoms with van der Waals surface area (Å²) < 4.78 is 1.88. The number of likely N-dealkylation sites (N-methyl/N-ethyl adjacent to an activating group) is 1. The second-order valence-electron chi connectivity index (χ2n) is 6.41. The van der Waals surface area contributed by atoms with Gasteiger partial charge in [-0.25, -0.2) is 0 Å². The Labute approximate surface area is 143 Å². The Bertz CT molecular complexity index is 637. The van der Waals surface area contributed by atoms with Gasteiger partial charge in [-0.2, -0.15) is 16.9 Å². The SMILES string of the molecule is CN(C)[C@@H](CN[C@@H]1CSCCc2ccccc21)c1cnn(C)c1. The maximum absolute atomic E-state index is 4.32. The Balaban J connectivity index is 1.73. The molecule has 1 N–H and O–H groups in total. The fraction of sp³-hybridized carbons (Fsp3) is 0.500. The molecule has 0 bridgehead atoms. The van der Waals surface area contributed by atoms with E-state index >= 15 is 0 Å². The molecule has 124 valence electrons. The normalized spacial score (nSPS) is 19.4. The molecule has 0 spiro atoms. The molecule has 0 radical (unpaired) electrons. The summed E-state index contributed by atoms with van der Waals surface area (Å²) in [7, 11) is 6.24. The van der Waals surface area contributed by atoms with Crippen LogP contribution in [0, 0.1) is 0 Å². The van der Waals surface area contributed by atoms with E-state index in [4.69, 9.17) is 0 Å². The molecule has 0 fully saturated rings. The van der Waals surface area contributed by atoms with Crippen LogP contribution in [0.2, 0.25) is 0 Å². The first kappa shape index (κ1) is 16.6. The van der Waals surface area contributed by atoms with Gasteiger partial charge in [0.1, 0.15) is 0 Å². The Morgan fingerprint density at radius 3 is 2.96 bits per heavy atom. The van der Waals surface area contributed by atoms with Gasteiger partial charge in [-0.05, 0) is 37.4 Å². The van der Waals surface area contributed by atoms with Gasteiger partial charge in [-0.1, -0.05) is 24.3 Å². The average molecular weight is 331 g/mol. The lowest BCUT2D eigenvalue weighted by Gasteiger charge is -2.27. The molecular formula is C18H26N4S. The fourth-order valence-electron chi connectivity index (χ4n) is 3.21. The summed E-state index contributed by atoms with van der Waals surface area (Å²) in [6.45, 7) is 0.929. The van der Waals surface area contributed by atoms with Crippen LogP contribution in [0.5, 0.6) is 0 Å². The standard InChI is InChI=1S/C18H26N4S/c1-21(2)18(15-10-20-22(3)12-15)11-19-17-13-23-9-8-14-6-4-5-7-16(14)17/h4-7,10,12,17-19H,8-9,11,13H2,1-3H3/t17-,18+/m1/s1. The second-order valence-corrected chi connectivity index (χ2v) is 7.56. The molecule has 2 atom stereocenters. The minimum absolute atomic E-state index is 0.337. The first-order chi connectivity index (χ1) is 11.1. The molecular weight excluding hydrogens is 304 g/mol. The van der Waals surface area contributed by atoms with Crippen molar-refractivity contribution in [3.05, 3.63) is 53.3 Å². The van der Waals surface area contributed by atoms with Crippen molar-refractivity contribution in [1.82, 2.24) is 20.0 Å². The lowest BCUT2D eigenvalue weighted by atomic mass is 9.99. The van der Waals surface area contributed by atoms with Gasteiger partial charge in [0.05, 0.1) is 6.20 Å².